The standard InChI is InChI=1S/C25H33ClFNO3Si/c1-25(2,3)32(4,5)31-22-9-7-19-18(6-8-21(27)23(19)22)16-14-20(26)24(28-15-16)30-17-10-12-29-13-11-17/h6,8,14-15,17,22H,7,9-13H2,1-5H3/t22-/m0/s1. The van der Waals surface area contributed by atoms with Crippen molar-refractivity contribution >= 4 is 19.9 Å². The second kappa shape index (κ2) is 9.05. The lowest BCUT2D eigenvalue weighted by molar-refractivity contribution is 0.0238. The van der Waals surface area contributed by atoms with E-state index in [1.54, 1.807) is 12.3 Å². The van der Waals surface area contributed by atoms with Gasteiger partial charge in [0.05, 0.1) is 19.3 Å². The maximum Gasteiger partial charge on any atom is 0.232 e. The fourth-order valence-electron chi connectivity index (χ4n) is 4.21. The fraction of sp³-hybridized carbons (Fsp3) is 0.560. The first-order chi connectivity index (χ1) is 15.1. The Morgan fingerprint density at radius 2 is 1.88 bits per heavy atom. The first kappa shape index (κ1) is 23.7. The van der Waals surface area contributed by atoms with Crippen molar-refractivity contribution in [3.05, 3.63) is 46.4 Å². The smallest absolute Gasteiger partial charge is 0.232 e. The summed E-state index contributed by atoms with van der Waals surface area (Å²) >= 11 is 6.53. The van der Waals surface area contributed by atoms with Gasteiger partial charge in [0.15, 0.2) is 8.32 Å². The summed E-state index contributed by atoms with van der Waals surface area (Å²) in [6.07, 6.45) is 4.88. The van der Waals surface area contributed by atoms with Crippen LogP contribution in [0.4, 0.5) is 4.39 Å². The normalized spacial score (nSPS) is 19.8. The summed E-state index contributed by atoms with van der Waals surface area (Å²) in [7, 11) is -2.02. The number of nitrogens with zero attached hydrogens (tertiary/aromatic N) is 1. The number of hydrogen-bond donors (Lipinski definition) is 0. The van der Waals surface area contributed by atoms with Crippen molar-refractivity contribution in [3.8, 4) is 17.0 Å². The summed E-state index contributed by atoms with van der Waals surface area (Å²) in [4.78, 5) is 4.49. The summed E-state index contributed by atoms with van der Waals surface area (Å²) in [6, 6.07) is 5.25. The van der Waals surface area contributed by atoms with E-state index in [9.17, 15) is 4.39 Å². The van der Waals surface area contributed by atoms with Gasteiger partial charge in [-0.25, -0.2) is 9.37 Å². The number of rotatable bonds is 5. The Morgan fingerprint density at radius 1 is 1.16 bits per heavy atom. The molecular weight excluding hydrogens is 445 g/mol. The number of fused-ring (bicyclic) bond motifs is 1. The third-order valence-electron chi connectivity index (χ3n) is 7.09. The molecule has 1 aliphatic carbocycles. The minimum Gasteiger partial charge on any atom is -0.473 e. The highest BCUT2D eigenvalue weighted by Crippen LogP contribution is 2.46. The van der Waals surface area contributed by atoms with E-state index < -0.39 is 8.32 Å². The van der Waals surface area contributed by atoms with Crippen molar-refractivity contribution in [2.24, 2.45) is 0 Å². The van der Waals surface area contributed by atoms with Crippen LogP contribution in [0.3, 0.4) is 0 Å². The predicted molar refractivity (Wildman–Crippen MR) is 128 cm³/mol. The Bertz CT molecular complexity index is 986. The molecule has 1 aromatic carbocycles. The summed E-state index contributed by atoms with van der Waals surface area (Å²) in [5, 5.41) is 0.542. The number of hydrogen-bond acceptors (Lipinski definition) is 4. The van der Waals surface area contributed by atoms with E-state index in [0.29, 0.717) is 29.7 Å². The third kappa shape index (κ3) is 4.74. The molecule has 1 saturated heterocycles. The molecule has 7 heteroatoms. The van der Waals surface area contributed by atoms with Gasteiger partial charge in [-0.3, -0.25) is 0 Å². The average Bonchev–Trinajstić information content (AvgIpc) is 3.14. The van der Waals surface area contributed by atoms with Crippen LogP contribution in [0, 0.1) is 5.82 Å². The predicted octanol–water partition coefficient (Wildman–Crippen LogP) is 7.11. The molecule has 1 aliphatic heterocycles. The lowest BCUT2D eigenvalue weighted by atomic mass is 9.97. The number of pyridine rings is 1. The molecule has 0 unspecified atom stereocenters. The van der Waals surface area contributed by atoms with E-state index >= 15 is 0 Å². The molecule has 4 nitrogen and oxygen atoms in total. The monoisotopic (exact) mass is 477 g/mol. The zero-order valence-electron chi connectivity index (χ0n) is 19.6. The van der Waals surface area contributed by atoms with Crippen molar-refractivity contribution < 1.29 is 18.3 Å². The fourth-order valence-corrected chi connectivity index (χ4v) is 5.72. The number of ether oxygens (including phenoxy) is 2. The van der Waals surface area contributed by atoms with Crippen molar-refractivity contribution in [2.75, 3.05) is 13.2 Å². The van der Waals surface area contributed by atoms with Gasteiger partial charge >= 0.3 is 0 Å². The van der Waals surface area contributed by atoms with Gasteiger partial charge in [0.25, 0.3) is 0 Å². The van der Waals surface area contributed by atoms with Crippen LogP contribution in [0.5, 0.6) is 5.88 Å². The first-order valence-electron chi connectivity index (χ1n) is 11.5. The van der Waals surface area contributed by atoms with Crippen LogP contribution in [0.15, 0.2) is 24.4 Å². The molecule has 0 saturated carbocycles. The van der Waals surface area contributed by atoms with E-state index in [-0.39, 0.29) is 23.1 Å². The highest BCUT2D eigenvalue weighted by molar-refractivity contribution is 6.74. The molecule has 0 radical (unpaired) electrons. The van der Waals surface area contributed by atoms with Crippen LogP contribution in [0.25, 0.3) is 11.1 Å². The van der Waals surface area contributed by atoms with Crippen LogP contribution < -0.4 is 4.74 Å². The molecule has 1 atom stereocenters. The maximum absolute atomic E-state index is 15.0. The Balaban J connectivity index is 1.61. The molecule has 174 valence electrons. The van der Waals surface area contributed by atoms with Crippen molar-refractivity contribution in [3.63, 3.8) is 0 Å². The Kier molecular flexibility index (Phi) is 6.70. The van der Waals surface area contributed by atoms with Crippen LogP contribution >= 0.6 is 11.6 Å². The highest BCUT2D eigenvalue weighted by atomic mass is 35.5. The second-order valence-electron chi connectivity index (χ2n) is 10.3. The number of benzene rings is 1. The van der Waals surface area contributed by atoms with Crippen molar-refractivity contribution in [2.45, 2.75) is 76.8 Å². The Hall–Kier alpha value is -1.47. The Labute approximate surface area is 196 Å². The van der Waals surface area contributed by atoms with E-state index in [0.717, 1.165) is 42.4 Å². The molecule has 2 heterocycles. The first-order valence-corrected chi connectivity index (χ1v) is 14.7. The molecule has 32 heavy (non-hydrogen) atoms. The van der Waals surface area contributed by atoms with Crippen LogP contribution in [-0.4, -0.2) is 32.6 Å². The molecule has 0 N–H and O–H groups in total. The van der Waals surface area contributed by atoms with Gasteiger partial charge in [-0.15, -0.1) is 0 Å². The molecule has 1 aromatic heterocycles. The van der Waals surface area contributed by atoms with Crippen LogP contribution in [-0.2, 0) is 15.6 Å². The minimum absolute atomic E-state index is 0.0710. The molecule has 0 amide bonds. The molecule has 4 rings (SSSR count). The van der Waals surface area contributed by atoms with E-state index in [1.807, 2.05) is 12.1 Å². The topological polar surface area (TPSA) is 40.6 Å². The van der Waals surface area contributed by atoms with Gasteiger partial charge in [0.2, 0.25) is 5.88 Å². The summed E-state index contributed by atoms with van der Waals surface area (Å²) < 4.78 is 33.0. The van der Waals surface area contributed by atoms with E-state index in [2.05, 4.69) is 38.8 Å². The molecule has 2 aliphatic rings. The minimum atomic E-state index is -2.02. The van der Waals surface area contributed by atoms with Gasteiger partial charge in [-0.05, 0) is 54.2 Å². The lowest BCUT2D eigenvalue weighted by Crippen LogP contribution is -2.41. The quantitative estimate of drug-likeness (QED) is 0.430. The second-order valence-corrected chi connectivity index (χ2v) is 15.5. The summed E-state index contributed by atoms with van der Waals surface area (Å²) in [6.45, 7) is 12.4. The average molecular weight is 478 g/mol. The van der Waals surface area contributed by atoms with Gasteiger partial charge in [0.1, 0.15) is 16.9 Å². The SMILES string of the molecule is CC(C)(C)[Si](C)(C)O[C@H]1CCc2c(-c3cnc(OC4CCOCC4)c(Cl)c3)ccc(F)c21. The van der Waals surface area contributed by atoms with Crippen molar-refractivity contribution in [1.29, 1.82) is 0 Å². The van der Waals surface area contributed by atoms with Gasteiger partial charge in [-0.1, -0.05) is 38.4 Å². The molecule has 1 fully saturated rings. The number of halogens is 2. The van der Waals surface area contributed by atoms with Crippen LogP contribution in [0.1, 0.15) is 57.3 Å². The van der Waals surface area contributed by atoms with Gasteiger partial charge in [0, 0.05) is 30.2 Å². The molecule has 0 spiro atoms. The van der Waals surface area contributed by atoms with E-state index in [1.165, 1.54) is 0 Å². The molecular formula is C25H33ClFNO3Si. The Morgan fingerprint density at radius 3 is 2.53 bits per heavy atom. The van der Waals surface area contributed by atoms with Crippen LogP contribution in [0.2, 0.25) is 23.2 Å². The zero-order chi connectivity index (χ0) is 23.1. The summed E-state index contributed by atoms with van der Waals surface area (Å²) in [5.41, 5.74) is 3.55. The largest absolute Gasteiger partial charge is 0.473 e. The number of aromatic nitrogens is 1. The summed E-state index contributed by atoms with van der Waals surface area (Å²) in [5.74, 6) is 0.253. The van der Waals surface area contributed by atoms with Crippen molar-refractivity contribution in [1.82, 2.24) is 4.98 Å². The van der Waals surface area contributed by atoms with E-state index in [4.69, 9.17) is 25.5 Å². The lowest BCUT2D eigenvalue weighted by Gasteiger charge is -2.38. The third-order valence-corrected chi connectivity index (χ3v) is 11.8. The maximum atomic E-state index is 15.0. The molecule has 0 bridgehead atoms. The van der Waals surface area contributed by atoms with Gasteiger partial charge in [-0.2, -0.15) is 0 Å². The molecule has 2 aromatic rings. The van der Waals surface area contributed by atoms with Gasteiger partial charge < -0.3 is 13.9 Å². The zero-order valence-corrected chi connectivity index (χ0v) is 21.4. The highest BCUT2D eigenvalue weighted by Gasteiger charge is 2.41.